The van der Waals surface area contributed by atoms with Crippen molar-refractivity contribution < 1.29 is 0 Å². The van der Waals surface area contributed by atoms with Crippen molar-refractivity contribution in [3.8, 4) is 11.1 Å². The Labute approximate surface area is 90.2 Å². The first-order valence-corrected chi connectivity index (χ1v) is 4.81. The fourth-order valence-corrected chi connectivity index (χ4v) is 1.61. The molecular formula is C11H8N4O. The molecule has 3 aromatic heterocycles. The van der Waals surface area contributed by atoms with Crippen molar-refractivity contribution >= 4 is 11.2 Å². The Morgan fingerprint density at radius 1 is 1.12 bits per heavy atom. The van der Waals surface area contributed by atoms with Crippen LogP contribution >= 0.6 is 0 Å². The zero-order valence-electron chi connectivity index (χ0n) is 8.27. The molecule has 0 unspecified atom stereocenters. The third kappa shape index (κ3) is 1.38. The summed E-state index contributed by atoms with van der Waals surface area (Å²) in [5.74, 6) is 0. The lowest BCUT2D eigenvalue weighted by molar-refractivity contribution is 1.20. The molecule has 3 aromatic rings. The summed E-state index contributed by atoms with van der Waals surface area (Å²) in [7, 11) is 0. The summed E-state index contributed by atoms with van der Waals surface area (Å²) in [4.78, 5) is 24.5. The fourth-order valence-electron chi connectivity index (χ4n) is 1.61. The van der Waals surface area contributed by atoms with Gasteiger partial charge in [0.15, 0.2) is 5.65 Å². The van der Waals surface area contributed by atoms with Crippen LogP contribution < -0.4 is 5.69 Å². The topological polar surface area (TPSA) is 74.4 Å². The molecule has 0 aliphatic carbocycles. The van der Waals surface area contributed by atoms with Crippen LogP contribution in [0.4, 0.5) is 0 Å². The molecule has 0 fully saturated rings. The van der Waals surface area contributed by atoms with Crippen LogP contribution in [-0.4, -0.2) is 19.9 Å². The number of nitrogens with one attached hydrogen (secondary N) is 2. The summed E-state index contributed by atoms with van der Waals surface area (Å²) in [5.41, 5.74) is 2.92. The molecule has 78 valence electrons. The average Bonchev–Trinajstić information content (AvgIpc) is 2.69. The molecule has 3 rings (SSSR count). The number of imidazole rings is 1. The minimum absolute atomic E-state index is 0.245. The molecule has 5 nitrogen and oxygen atoms in total. The summed E-state index contributed by atoms with van der Waals surface area (Å²) >= 11 is 0. The van der Waals surface area contributed by atoms with Gasteiger partial charge in [0.05, 0.1) is 5.52 Å². The Bertz CT molecular complexity index is 684. The zero-order valence-corrected chi connectivity index (χ0v) is 8.27. The van der Waals surface area contributed by atoms with E-state index in [4.69, 9.17) is 0 Å². The van der Waals surface area contributed by atoms with Crippen molar-refractivity contribution in [2.45, 2.75) is 0 Å². The first kappa shape index (κ1) is 8.84. The number of hydrogen-bond acceptors (Lipinski definition) is 3. The van der Waals surface area contributed by atoms with Gasteiger partial charge in [-0.1, -0.05) is 6.07 Å². The Balaban J connectivity index is 2.22. The third-order valence-corrected chi connectivity index (χ3v) is 2.36. The molecule has 0 spiro atoms. The molecular weight excluding hydrogens is 204 g/mol. The van der Waals surface area contributed by atoms with Crippen LogP contribution in [-0.2, 0) is 0 Å². The normalized spacial score (nSPS) is 10.8. The van der Waals surface area contributed by atoms with E-state index in [9.17, 15) is 4.79 Å². The van der Waals surface area contributed by atoms with Gasteiger partial charge in [0, 0.05) is 29.7 Å². The Morgan fingerprint density at radius 2 is 2.06 bits per heavy atom. The highest BCUT2D eigenvalue weighted by atomic mass is 16.1. The van der Waals surface area contributed by atoms with E-state index in [1.807, 2.05) is 18.2 Å². The highest BCUT2D eigenvalue weighted by Crippen LogP contribution is 2.19. The molecule has 0 saturated carbocycles. The molecule has 0 radical (unpaired) electrons. The zero-order chi connectivity index (χ0) is 11.0. The van der Waals surface area contributed by atoms with Gasteiger partial charge in [0.25, 0.3) is 0 Å². The van der Waals surface area contributed by atoms with E-state index in [2.05, 4.69) is 19.9 Å². The molecule has 0 bridgehead atoms. The largest absolute Gasteiger partial charge is 0.325 e. The third-order valence-electron chi connectivity index (χ3n) is 2.36. The van der Waals surface area contributed by atoms with Crippen molar-refractivity contribution in [1.29, 1.82) is 0 Å². The van der Waals surface area contributed by atoms with Gasteiger partial charge in [0.2, 0.25) is 0 Å². The fraction of sp³-hybridized carbons (Fsp3) is 0. The van der Waals surface area contributed by atoms with Crippen LogP contribution in [0.2, 0.25) is 0 Å². The van der Waals surface area contributed by atoms with E-state index >= 15 is 0 Å². The maximum absolute atomic E-state index is 11.1. The molecule has 3 heterocycles. The van der Waals surface area contributed by atoms with E-state index in [-0.39, 0.29) is 5.69 Å². The molecule has 0 aromatic carbocycles. The number of H-pyrrole nitrogens is 2. The maximum Gasteiger partial charge on any atom is 0.325 e. The standard InChI is InChI=1S/C11H8N4O/c16-11-14-9-4-8(6-13-10(9)15-11)7-2-1-3-12-5-7/h1-6H,(H2,13,14,15,16). The number of fused-ring (bicyclic) bond motifs is 1. The lowest BCUT2D eigenvalue weighted by atomic mass is 10.1. The lowest BCUT2D eigenvalue weighted by Gasteiger charge is -1.99. The highest BCUT2D eigenvalue weighted by Gasteiger charge is 2.02. The molecule has 0 aliphatic rings. The van der Waals surface area contributed by atoms with Gasteiger partial charge in [-0.25, -0.2) is 9.78 Å². The Kier molecular flexibility index (Phi) is 1.83. The first-order valence-electron chi connectivity index (χ1n) is 4.81. The molecule has 0 amide bonds. The summed E-state index contributed by atoms with van der Waals surface area (Å²) in [5, 5.41) is 0. The van der Waals surface area contributed by atoms with Crippen molar-refractivity contribution in [2.24, 2.45) is 0 Å². The van der Waals surface area contributed by atoms with E-state index in [1.165, 1.54) is 0 Å². The van der Waals surface area contributed by atoms with Crippen LogP contribution in [0.15, 0.2) is 41.6 Å². The molecule has 0 atom stereocenters. The van der Waals surface area contributed by atoms with E-state index in [1.54, 1.807) is 18.6 Å². The van der Waals surface area contributed by atoms with Crippen LogP contribution in [0.5, 0.6) is 0 Å². The first-order chi connectivity index (χ1) is 7.83. The van der Waals surface area contributed by atoms with E-state index in [0.29, 0.717) is 11.2 Å². The summed E-state index contributed by atoms with van der Waals surface area (Å²) in [6.07, 6.45) is 5.18. The van der Waals surface area contributed by atoms with Gasteiger partial charge in [-0.05, 0) is 12.1 Å². The summed E-state index contributed by atoms with van der Waals surface area (Å²) in [6, 6.07) is 5.68. The number of pyridine rings is 2. The average molecular weight is 212 g/mol. The number of rotatable bonds is 1. The Hall–Kier alpha value is -2.43. The second-order valence-electron chi connectivity index (χ2n) is 3.44. The smallest absolute Gasteiger partial charge is 0.304 e. The number of hydrogen-bond donors (Lipinski definition) is 2. The molecule has 16 heavy (non-hydrogen) atoms. The quantitative estimate of drug-likeness (QED) is 0.638. The lowest BCUT2D eigenvalue weighted by Crippen LogP contribution is -1.99. The van der Waals surface area contributed by atoms with Gasteiger partial charge in [-0.3, -0.25) is 9.97 Å². The van der Waals surface area contributed by atoms with Gasteiger partial charge in [0.1, 0.15) is 0 Å². The van der Waals surface area contributed by atoms with E-state index in [0.717, 1.165) is 11.1 Å². The predicted octanol–water partition coefficient (Wildman–Crippen LogP) is 1.31. The highest BCUT2D eigenvalue weighted by molar-refractivity contribution is 5.77. The summed E-state index contributed by atoms with van der Waals surface area (Å²) < 4.78 is 0. The number of nitrogens with zero attached hydrogens (tertiary/aromatic N) is 2. The monoisotopic (exact) mass is 212 g/mol. The molecule has 0 aliphatic heterocycles. The SMILES string of the molecule is O=c1[nH]c2cc(-c3cccnc3)cnc2[nH]1. The van der Waals surface area contributed by atoms with Gasteiger partial charge >= 0.3 is 5.69 Å². The minimum Gasteiger partial charge on any atom is -0.304 e. The van der Waals surface area contributed by atoms with Crippen molar-refractivity contribution in [2.75, 3.05) is 0 Å². The van der Waals surface area contributed by atoms with E-state index < -0.39 is 0 Å². The summed E-state index contributed by atoms with van der Waals surface area (Å²) in [6.45, 7) is 0. The van der Waals surface area contributed by atoms with Crippen LogP contribution in [0.25, 0.3) is 22.3 Å². The predicted molar refractivity (Wildman–Crippen MR) is 59.9 cm³/mol. The van der Waals surface area contributed by atoms with Crippen LogP contribution in [0.3, 0.4) is 0 Å². The second kappa shape index (κ2) is 3.30. The van der Waals surface area contributed by atoms with Gasteiger partial charge in [-0.15, -0.1) is 0 Å². The van der Waals surface area contributed by atoms with Crippen LogP contribution in [0, 0.1) is 0 Å². The Morgan fingerprint density at radius 3 is 2.88 bits per heavy atom. The number of aromatic nitrogens is 4. The molecule has 5 heteroatoms. The van der Waals surface area contributed by atoms with Gasteiger partial charge in [-0.2, -0.15) is 0 Å². The molecule has 0 saturated heterocycles. The maximum atomic E-state index is 11.1. The second-order valence-corrected chi connectivity index (χ2v) is 3.44. The van der Waals surface area contributed by atoms with Crippen molar-refractivity contribution in [3.05, 3.63) is 47.3 Å². The molecule has 2 N–H and O–H groups in total. The van der Waals surface area contributed by atoms with Crippen LogP contribution in [0.1, 0.15) is 0 Å². The van der Waals surface area contributed by atoms with Crippen molar-refractivity contribution in [3.63, 3.8) is 0 Å². The van der Waals surface area contributed by atoms with Crippen molar-refractivity contribution in [1.82, 2.24) is 19.9 Å². The minimum atomic E-state index is -0.245. The van der Waals surface area contributed by atoms with Gasteiger partial charge < -0.3 is 4.98 Å². The number of aromatic amines is 2.